The quantitative estimate of drug-likeness (QED) is 0.547. The van der Waals surface area contributed by atoms with Crippen molar-refractivity contribution in [3.63, 3.8) is 0 Å². The third kappa shape index (κ3) is 4.28. The Morgan fingerprint density at radius 2 is 2.17 bits per heavy atom. The van der Waals surface area contributed by atoms with Gasteiger partial charge in [-0.2, -0.15) is 5.26 Å². The minimum absolute atomic E-state index is 0.0220. The number of hydrogen-bond acceptors (Lipinski definition) is 7. The second-order valence-electron chi connectivity index (χ2n) is 6.50. The second-order valence-corrected chi connectivity index (χ2v) is 9.36. The van der Waals surface area contributed by atoms with Gasteiger partial charge in [0, 0.05) is 5.70 Å². The van der Waals surface area contributed by atoms with Crippen LogP contribution in [0.25, 0.3) is 0 Å². The molecule has 7 nitrogen and oxygen atoms in total. The summed E-state index contributed by atoms with van der Waals surface area (Å²) < 4.78 is 36.8. The smallest absolute Gasteiger partial charge is 0.336 e. The number of esters is 1. The molecule has 10 heteroatoms. The number of allylic oxidation sites excluding steroid dienone is 2. The van der Waals surface area contributed by atoms with Crippen molar-refractivity contribution >= 4 is 39.0 Å². The van der Waals surface area contributed by atoms with E-state index < -0.39 is 21.7 Å². The van der Waals surface area contributed by atoms with Crippen molar-refractivity contribution in [2.24, 2.45) is 0 Å². The minimum Gasteiger partial charge on any atom is -0.461 e. The van der Waals surface area contributed by atoms with Gasteiger partial charge in [0.2, 0.25) is 0 Å². The molecule has 1 unspecified atom stereocenters. The summed E-state index contributed by atoms with van der Waals surface area (Å²) in [6.45, 7) is 1.63. The number of sulfone groups is 1. The van der Waals surface area contributed by atoms with Crippen molar-refractivity contribution in [3.8, 4) is 6.07 Å². The first-order chi connectivity index (χ1) is 13.8. The summed E-state index contributed by atoms with van der Waals surface area (Å²) in [4.78, 5) is 12.9. The van der Waals surface area contributed by atoms with E-state index in [2.05, 4.69) is 5.32 Å². The Balaban J connectivity index is 2.21. The first-order valence-corrected chi connectivity index (χ1v) is 11.2. The highest BCUT2D eigenvalue weighted by atomic mass is 35.5. The molecule has 0 aliphatic carbocycles. The van der Waals surface area contributed by atoms with Crippen molar-refractivity contribution in [2.45, 2.75) is 19.3 Å². The van der Waals surface area contributed by atoms with Crippen molar-refractivity contribution in [1.29, 1.82) is 5.26 Å². The minimum atomic E-state index is -3.77. The molecule has 0 aromatic heterocycles. The van der Waals surface area contributed by atoms with Crippen LogP contribution in [0, 0.1) is 11.3 Å². The third-order valence-corrected chi connectivity index (χ3v) is 7.32. The normalized spacial score (nSPS) is 21.0. The average Bonchev–Trinajstić information content (AvgIpc) is 2.81. The molecule has 0 radical (unpaired) electrons. The van der Waals surface area contributed by atoms with E-state index in [1.807, 2.05) is 6.07 Å². The lowest BCUT2D eigenvalue weighted by Gasteiger charge is -2.31. The molecule has 0 fully saturated rings. The van der Waals surface area contributed by atoms with E-state index in [1.165, 1.54) is 0 Å². The highest BCUT2D eigenvalue weighted by molar-refractivity contribution is 7.95. The first kappa shape index (κ1) is 21.7. The maximum atomic E-state index is 13.1. The highest BCUT2D eigenvalue weighted by Crippen LogP contribution is 2.45. The molecule has 1 aromatic carbocycles. The molecule has 0 amide bonds. The van der Waals surface area contributed by atoms with E-state index in [1.54, 1.807) is 25.1 Å². The lowest BCUT2D eigenvalue weighted by atomic mass is 9.86. The summed E-state index contributed by atoms with van der Waals surface area (Å²) in [6.07, 6.45) is 0.0220. The lowest BCUT2D eigenvalue weighted by Crippen LogP contribution is -2.33. The Morgan fingerprint density at radius 3 is 2.90 bits per heavy atom. The van der Waals surface area contributed by atoms with Crippen LogP contribution in [-0.2, 0) is 24.1 Å². The van der Waals surface area contributed by atoms with Crippen LogP contribution in [0.3, 0.4) is 0 Å². The van der Waals surface area contributed by atoms with Gasteiger partial charge in [-0.05, 0) is 18.6 Å². The van der Waals surface area contributed by atoms with Crippen LogP contribution in [0.5, 0.6) is 0 Å². The van der Waals surface area contributed by atoms with E-state index in [0.717, 1.165) is 0 Å². The van der Waals surface area contributed by atoms with Crippen molar-refractivity contribution in [1.82, 2.24) is 5.32 Å². The molecular weight excluding hydrogens is 439 g/mol. The fourth-order valence-electron chi connectivity index (χ4n) is 3.38. The Labute approximate surface area is 178 Å². The predicted octanol–water partition coefficient (Wildman–Crippen LogP) is 3.07. The number of dihydropyridines is 1. The van der Waals surface area contributed by atoms with Crippen LogP contribution in [-0.4, -0.2) is 40.0 Å². The van der Waals surface area contributed by atoms with Gasteiger partial charge in [0.05, 0.1) is 63.6 Å². The van der Waals surface area contributed by atoms with Crippen molar-refractivity contribution in [2.75, 3.05) is 25.6 Å². The van der Waals surface area contributed by atoms with Crippen LogP contribution < -0.4 is 5.32 Å². The number of nitrogens with one attached hydrogen (secondary N) is 1. The standard InChI is InChI=1S/C19H18Cl2N2O5S/c1-11-15(19(24)28-7-3-6-22)16(12-4-2-5-13(20)17(12)21)18-14(23-11)10-27-8-9-29(18,25)26/h2,4-5,16,23H,3,7-10H2,1H3. The largest absolute Gasteiger partial charge is 0.461 e. The number of benzene rings is 1. The summed E-state index contributed by atoms with van der Waals surface area (Å²) >= 11 is 12.6. The SMILES string of the molecule is CC1=C(C(=O)OCCC#N)C(c2cccc(Cl)c2Cl)C2=C(COCCS2(=O)=O)N1. The molecule has 0 saturated carbocycles. The summed E-state index contributed by atoms with van der Waals surface area (Å²) in [5.74, 6) is -1.95. The van der Waals surface area contributed by atoms with Crippen LogP contribution in [0.1, 0.15) is 24.8 Å². The van der Waals surface area contributed by atoms with Gasteiger partial charge in [-0.1, -0.05) is 35.3 Å². The third-order valence-electron chi connectivity index (χ3n) is 4.63. The second kappa shape index (κ2) is 8.76. The van der Waals surface area contributed by atoms with E-state index in [9.17, 15) is 13.2 Å². The number of hydrogen-bond donors (Lipinski definition) is 1. The number of carbonyl (C=O) groups excluding carboxylic acids is 1. The number of rotatable bonds is 4. The summed E-state index contributed by atoms with van der Waals surface area (Å²) in [5, 5.41) is 12.1. The molecule has 1 aromatic rings. The summed E-state index contributed by atoms with van der Waals surface area (Å²) in [6, 6.07) is 6.74. The Bertz CT molecular complexity index is 1060. The molecule has 1 atom stereocenters. The zero-order valence-electron chi connectivity index (χ0n) is 15.5. The van der Waals surface area contributed by atoms with Gasteiger partial charge in [0.25, 0.3) is 0 Å². The maximum Gasteiger partial charge on any atom is 0.336 e. The van der Waals surface area contributed by atoms with Crippen LogP contribution in [0.4, 0.5) is 0 Å². The molecule has 2 aliphatic heterocycles. The average molecular weight is 457 g/mol. The Morgan fingerprint density at radius 1 is 1.41 bits per heavy atom. The zero-order chi connectivity index (χ0) is 21.2. The first-order valence-electron chi connectivity index (χ1n) is 8.77. The monoisotopic (exact) mass is 456 g/mol. The van der Waals surface area contributed by atoms with Gasteiger partial charge >= 0.3 is 5.97 Å². The lowest BCUT2D eigenvalue weighted by molar-refractivity contribution is -0.139. The molecule has 1 N–H and O–H groups in total. The summed E-state index contributed by atoms with van der Waals surface area (Å²) in [5.41, 5.74) is 1.27. The zero-order valence-corrected chi connectivity index (χ0v) is 17.8. The molecule has 2 aliphatic rings. The molecule has 0 saturated heterocycles. The number of halogens is 2. The molecular formula is C19H18Cl2N2O5S. The van der Waals surface area contributed by atoms with Crippen LogP contribution in [0.15, 0.2) is 40.1 Å². The van der Waals surface area contributed by atoms with Gasteiger partial charge in [0.1, 0.15) is 6.61 Å². The molecule has 0 bridgehead atoms. The number of ether oxygens (including phenoxy) is 2. The number of nitriles is 1. The molecule has 154 valence electrons. The van der Waals surface area contributed by atoms with E-state index >= 15 is 0 Å². The van der Waals surface area contributed by atoms with Gasteiger partial charge < -0.3 is 14.8 Å². The molecule has 0 spiro atoms. The molecule has 3 rings (SSSR count). The Hall–Kier alpha value is -2.05. The highest BCUT2D eigenvalue weighted by Gasteiger charge is 2.42. The molecule has 2 heterocycles. The fourth-order valence-corrected chi connectivity index (χ4v) is 5.45. The maximum absolute atomic E-state index is 13.1. The number of carbonyl (C=O) groups is 1. The van der Waals surface area contributed by atoms with Crippen molar-refractivity contribution in [3.05, 3.63) is 55.7 Å². The van der Waals surface area contributed by atoms with Gasteiger partial charge in [-0.25, -0.2) is 13.2 Å². The van der Waals surface area contributed by atoms with E-state index in [4.69, 9.17) is 37.9 Å². The van der Waals surface area contributed by atoms with Crippen molar-refractivity contribution < 1.29 is 22.7 Å². The fraction of sp³-hybridized carbons (Fsp3) is 0.368. The van der Waals surface area contributed by atoms with E-state index in [0.29, 0.717) is 17.0 Å². The van der Waals surface area contributed by atoms with Gasteiger partial charge in [-0.3, -0.25) is 0 Å². The summed E-state index contributed by atoms with van der Waals surface area (Å²) in [7, 11) is -3.77. The van der Waals surface area contributed by atoms with Crippen LogP contribution >= 0.6 is 23.2 Å². The predicted molar refractivity (Wildman–Crippen MR) is 108 cm³/mol. The van der Waals surface area contributed by atoms with Crippen LogP contribution in [0.2, 0.25) is 10.0 Å². The molecule has 29 heavy (non-hydrogen) atoms. The van der Waals surface area contributed by atoms with E-state index in [-0.39, 0.29) is 52.5 Å². The number of nitrogens with zero attached hydrogens (tertiary/aromatic N) is 1. The van der Waals surface area contributed by atoms with Gasteiger partial charge in [-0.15, -0.1) is 0 Å². The van der Waals surface area contributed by atoms with Gasteiger partial charge in [0.15, 0.2) is 9.84 Å². The Kier molecular flexibility index (Phi) is 6.54. The topological polar surface area (TPSA) is 105 Å².